The van der Waals surface area contributed by atoms with Gasteiger partial charge >= 0.3 is 0 Å². The van der Waals surface area contributed by atoms with Crippen LogP contribution in [0, 0.1) is 0 Å². The maximum Gasteiger partial charge on any atom is 0.182 e. The molecule has 0 bridgehead atoms. The van der Waals surface area contributed by atoms with Crippen molar-refractivity contribution in [2.45, 2.75) is 52.1 Å². The average Bonchev–Trinajstić information content (AvgIpc) is 2.77. The van der Waals surface area contributed by atoms with Crippen LogP contribution in [0.3, 0.4) is 0 Å². The summed E-state index contributed by atoms with van der Waals surface area (Å²) in [7, 11) is 0. The summed E-state index contributed by atoms with van der Waals surface area (Å²) in [4.78, 5) is 8.40. The van der Waals surface area contributed by atoms with Crippen molar-refractivity contribution >= 4 is 16.5 Å². The maximum atomic E-state index is 4.42. The number of piperidine rings is 1. The molecule has 1 aliphatic rings. The van der Waals surface area contributed by atoms with Gasteiger partial charge in [-0.2, -0.15) is 0 Å². The Bertz CT molecular complexity index is 337. The lowest BCUT2D eigenvalue weighted by atomic mass is 10.0. The monoisotopic (exact) mass is 253 g/mol. The molecule has 1 saturated heterocycles. The number of hydrogen-bond acceptors (Lipinski definition) is 4. The Morgan fingerprint density at radius 1 is 1.53 bits per heavy atom. The van der Waals surface area contributed by atoms with Crippen LogP contribution >= 0.6 is 11.3 Å². The molecule has 1 unspecified atom stereocenters. The van der Waals surface area contributed by atoms with Gasteiger partial charge in [0.2, 0.25) is 0 Å². The van der Waals surface area contributed by atoms with Crippen molar-refractivity contribution in [2.24, 2.45) is 0 Å². The molecular formula is C13H23N3S. The predicted molar refractivity (Wildman–Crippen MR) is 74.6 cm³/mol. The summed E-state index contributed by atoms with van der Waals surface area (Å²) in [6.07, 6.45) is 7.27. The summed E-state index contributed by atoms with van der Waals surface area (Å²) in [6.45, 7) is 7.86. The molecule has 0 spiro atoms. The zero-order valence-electron chi connectivity index (χ0n) is 10.9. The molecule has 1 fully saturated rings. The van der Waals surface area contributed by atoms with Crippen LogP contribution in [0.1, 0.15) is 44.4 Å². The van der Waals surface area contributed by atoms with Crippen molar-refractivity contribution in [3.8, 4) is 0 Å². The number of anilines is 1. The number of rotatable bonds is 5. The molecule has 0 radical (unpaired) electrons. The third-order valence-electron chi connectivity index (χ3n) is 3.38. The first-order chi connectivity index (χ1) is 8.29. The van der Waals surface area contributed by atoms with Crippen molar-refractivity contribution in [1.82, 2.24) is 9.88 Å². The zero-order chi connectivity index (χ0) is 12.1. The maximum absolute atomic E-state index is 4.42. The number of nitrogens with one attached hydrogen (secondary N) is 1. The minimum absolute atomic E-state index is 0.734. The van der Waals surface area contributed by atoms with E-state index in [1.165, 1.54) is 30.7 Å². The van der Waals surface area contributed by atoms with Crippen LogP contribution in [0.4, 0.5) is 5.13 Å². The first-order valence-corrected chi connectivity index (χ1v) is 7.54. The Labute approximate surface area is 108 Å². The van der Waals surface area contributed by atoms with Gasteiger partial charge in [-0.1, -0.05) is 13.3 Å². The molecule has 2 rings (SSSR count). The van der Waals surface area contributed by atoms with Crippen LogP contribution in [-0.4, -0.2) is 29.0 Å². The van der Waals surface area contributed by atoms with E-state index < -0.39 is 0 Å². The van der Waals surface area contributed by atoms with Gasteiger partial charge in [0.15, 0.2) is 5.13 Å². The molecular weight excluding hydrogens is 230 g/mol. The van der Waals surface area contributed by atoms with Gasteiger partial charge in [-0.3, -0.25) is 4.90 Å². The first-order valence-electron chi connectivity index (χ1n) is 6.72. The number of likely N-dealkylation sites (tertiary alicyclic amines) is 1. The fourth-order valence-electron chi connectivity index (χ4n) is 2.29. The molecule has 1 aromatic rings. The largest absolute Gasteiger partial charge is 0.362 e. The smallest absolute Gasteiger partial charge is 0.182 e. The Morgan fingerprint density at radius 3 is 3.18 bits per heavy atom. The summed E-state index contributed by atoms with van der Waals surface area (Å²) in [5, 5.41) is 4.43. The van der Waals surface area contributed by atoms with Crippen molar-refractivity contribution in [2.75, 3.05) is 18.4 Å². The van der Waals surface area contributed by atoms with Gasteiger partial charge in [0.05, 0.1) is 0 Å². The minimum atomic E-state index is 0.734. The van der Waals surface area contributed by atoms with E-state index in [0.29, 0.717) is 0 Å². The van der Waals surface area contributed by atoms with E-state index in [2.05, 4.69) is 29.0 Å². The highest BCUT2D eigenvalue weighted by Crippen LogP contribution is 2.23. The van der Waals surface area contributed by atoms with E-state index in [4.69, 9.17) is 0 Å². The van der Waals surface area contributed by atoms with Gasteiger partial charge in [-0.15, -0.1) is 11.3 Å². The molecule has 1 aromatic heterocycles. The van der Waals surface area contributed by atoms with E-state index in [-0.39, 0.29) is 0 Å². The highest BCUT2D eigenvalue weighted by atomic mass is 32.1. The van der Waals surface area contributed by atoms with Crippen molar-refractivity contribution in [3.05, 3.63) is 11.1 Å². The van der Waals surface area contributed by atoms with Crippen LogP contribution in [0.15, 0.2) is 6.20 Å². The Balaban J connectivity index is 1.87. The second-order valence-corrected chi connectivity index (χ2v) is 5.99. The predicted octanol–water partition coefficient (Wildman–Crippen LogP) is 3.34. The number of nitrogens with zero attached hydrogens (tertiary/aromatic N) is 2. The highest BCUT2D eigenvalue weighted by Gasteiger charge is 2.18. The summed E-state index contributed by atoms with van der Waals surface area (Å²) in [6, 6.07) is 0.734. The van der Waals surface area contributed by atoms with Gasteiger partial charge in [0.1, 0.15) is 0 Å². The normalized spacial score (nSPS) is 21.6. The standard InChI is InChI=1S/C13H23N3S/c1-3-7-14-13-15-9-12(17-13)10-16-8-5-4-6-11(16)2/h9,11H,3-8,10H2,1-2H3,(H,14,15). The Hall–Kier alpha value is -0.610. The summed E-state index contributed by atoms with van der Waals surface area (Å²) in [5.74, 6) is 0. The average molecular weight is 253 g/mol. The molecule has 0 amide bonds. The van der Waals surface area contributed by atoms with E-state index in [0.717, 1.165) is 30.7 Å². The lowest BCUT2D eigenvalue weighted by Gasteiger charge is -2.32. The molecule has 1 N–H and O–H groups in total. The lowest BCUT2D eigenvalue weighted by molar-refractivity contribution is 0.154. The molecule has 2 heterocycles. The van der Waals surface area contributed by atoms with Crippen LogP contribution in [0.5, 0.6) is 0 Å². The minimum Gasteiger partial charge on any atom is -0.362 e. The molecule has 0 saturated carbocycles. The fraction of sp³-hybridized carbons (Fsp3) is 0.769. The zero-order valence-corrected chi connectivity index (χ0v) is 11.7. The van der Waals surface area contributed by atoms with E-state index in [1.54, 1.807) is 11.3 Å². The first kappa shape index (κ1) is 12.8. The van der Waals surface area contributed by atoms with Crippen molar-refractivity contribution in [1.29, 1.82) is 0 Å². The SMILES string of the molecule is CCCNc1ncc(CN2CCCCC2C)s1. The second kappa shape index (κ2) is 6.36. The third-order valence-corrected chi connectivity index (χ3v) is 4.32. The van der Waals surface area contributed by atoms with Gasteiger partial charge in [0.25, 0.3) is 0 Å². The van der Waals surface area contributed by atoms with Gasteiger partial charge < -0.3 is 5.32 Å². The van der Waals surface area contributed by atoms with Gasteiger partial charge in [-0.25, -0.2) is 4.98 Å². The quantitative estimate of drug-likeness (QED) is 0.872. The van der Waals surface area contributed by atoms with Crippen molar-refractivity contribution in [3.63, 3.8) is 0 Å². The van der Waals surface area contributed by atoms with E-state index in [9.17, 15) is 0 Å². The van der Waals surface area contributed by atoms with Crippen molar-refractivity contribution < 1.29 is 0 Å². The third kappa shape index (κ3) is 3.68. The van der Waals surface area contributed by atoms with E-state index >= 15 is 0 Å². The summed E-state index contributed by atoms with van der Waals surface area (Å²) in [5.41, 5.74) is 0. The Kier molecular flexibility index (Phi) is 4.80. The van der Waals surface area contributed by atoms with Crippen LogP contribution in [0.2, 0.25) is 0 Å². The molecule has 96 valence electrons. The van der Waals surface area contributed by atoms with Crippen LogP contribution in [-0.2, 0) is 6.54 Å². The molecule has 3 nitrogen and oxygen atoms in total. The molecule has 0 aromatic carbocycles. The second-order valence-electron chi connectivity index (χ2n) is 4.87. The van der Waals surface area contributed by atoms with E-state index in [1.807, 2.05) is 6.20 Å². The number of hydrogen-bond donors (Lipinski definition) is 1. The van der Waals surface area contributed by atoms with Gasteiger partial charge in [0, 0.05) is 30.2 Å². The highest BCUT2D eigenvalue weighted by molar-refractivity contribution is 7.15. The summed E-state index contributed by atoms with van der Waals surface area (Å²) >= 11 is 1.80. The van der Waals surface area contributed by atoms with Crippen LogP contribution in [0.25, 0.3) is 0 Å². The topological polar surface area (TPSA) is 28.2 Å². The molecule has 1 atom stereocenters. The van der Waals surface area contributed by atoms with Gasteiger partial charge in [-0.05, 0) is 32.7 Å². The number of thiazole rings is 1. The summed E-state index contributed by atoms with van der Waals surface area (Å²) < 4.78 is 0. The molecule has 17 heavy (non-hydrogen) atoms. The lowest BCUT2D eigenvalue weighted by Crippen LogP contribution is -2.36. The molecule has 0 aliphatic carbocycles. The fourth-order valence-corrected chi connectivity index (χ4v) is 3.15. The molecule has 1 aliphatic heterocycles. The Morgan fingerprint density at radius 2 is 2.41 bits per heavy atom. The molecule has 4 heteroatoms. The number of aromatic nitrogens is 1. The van der Waals surface area contributed by atoms with Crippen LogP contribution < -0.4 is 5.32 Å².